The molecule has 1 aromatic carbocycles. The van der Waals surface area contributed by atoms with Crippen molar-refractivity contribution in [3.8, 4) is 0 Å². The zero-order valence-corrected chi connectivity index (χ0v) is 11.6. The zero-order valence-electron chi connectivity index (χ0n) is 11.6. The second kappa shape index (κ2) is 6.31. The third-order valence-corrected chi connectivity index (χ3v) is 4.02. The first kappa shape index (κ1) is 14.9. The summed E-state index contributed by atoms with van der Waals surface area (Å²) >= 11 is 0. The van der Waals surface area contributed by atoms with Crippen LogP contribution in [0.4, 0.5) is 8.78 Å². The second-order valence-electron chi connectivity index (χ2n) is 5.43. The van der Waals surface area contributed by atoms with Gasteiger partial charge >= 0.3 is 0 Å². The number of amides is 1. The lowest BCUT2D eigenvalue weighted by Crippen LogP contribution is -2.51. The van der Waals surface area contributed by atoms with E-state index in [4.69, 9.17) is 5.73 Å². The molecule has 1 heterocycles. The molecule has 1 aliphatic rings. The number of carbonyl (C=O) groups is 1. The van der Waals surface area contributed by atoms with Crippen molar-refractivity contribution in [1.82, 2.24) is 4.90 Å². The fourth-order valence-corrected chi connectivity index (χ4v) is 2.84. The Balaban J connectivity index is 2.08. The minimum absolute atomic E-state index is 0.0431. The molecule has 2 N–H and O–H groups in total. The maximum absolute atomic E-state index is 13.2. The van der Waals surface area contributed by atoms with E-state index in [1.54, 1.807) is 4.90 Å². The fraction of sp³-hybridized carbons (Fsp3) is 0.533. The van der Waals surface area contributed by atoms with E-state index in [9.17, 15) is 13.6 Å². The first-order valence-corrected chi connectivity index (χ1v) is 6.96. The van der Waals surface area contributed by atoms with Crippen molar-refractivity contribution in [2.75, 3.05) is 13.1 Å². The summed E-state index contributed by atoms with van der Waals surface area (Å²) in [7, 11) is 0. The number of rotatable bonds is 3. The van der Waals surface area contributed by atoms with Gasteiger partial charge in [-0.05, 0) is 36.5 Å². The number of hydrogen-bond acceptors (Lipinski definition) is 2. The van der Waals surface area contributed by atoms with Gasteiger partial charge in [0.15, 0.2) is 11.6 Å². The van der Waals surface area contributed by atoms with Crippen LogP contribution in [0.2, 0.25) is 0 Å². The highest BCUT2D eigenvalue weighted by Crippen LogP contribution is 2.23. The molecule has 0 radical (unpaired) electrons. The number of halogens is 2. The monoisotopic (exact) mass is 282 g/mol. The van der Waals surface area contributed by atoms with Crippen LogP contribution in [0.1, 0.15) is 25.3 Å². The fourth-order valence-electron chi connectivity index (χ4n) is 2.84. The van der Waals surface area contributed by atoms with Crippen LogP contribution >= 0.6 is 0 Å². The third-order valence-electron chi connectivity index (χ3n) is 4.02. The molecule has 3 nitrogen and oxygen atoms in total. The van der Waals surface area contributed by atoms with Gasteiger partial charge < -0.3 is 10.6 Å². The maximum atomic E-state index is 13.2. The van der Waals surface area contributed by atoms with Gasteiger partial charge in [-0.25, -0.2) is 8.78 Å². The van der Waals surface area contributed by atoms with E-state index in [-0.39, 0.29) is 18.4 Å². The number of likely N-dealkylation sites (tertiary alicyclic amines) is 1. The Bertz CT molecular complexity index is 493. The summed E-state index contributed by atoms with van der Waals surface area (Å²) in [6.45, 7) is 3.22. The van der Waals surface area contributed by atoms with Crippen LogP contribution in [0.3, 0.4) is 0 Å². The zero-order chi connectivity index (χ0) is 14.7. The Morgan fingerprint density at radius 3 is 2.80 bits per heavy atom. The molecule has 0 unspecified atom stereocenters. The van der Waals surface area contributed by atoms with E-state index in [1.807, 2.05) is 0 Å². The Kier molecular flexibility index (Phi) is 4.70. The van der Waals surface area contributed by atoms with Gasteiger partial charge in [0.05, 0.1) is 6.42 Å². The molecular weight excluding hydrogens is 262 g/mol. The Hall–Kier alpha value is -1.49. The average Bonchev–Trinajstić information content (AvgIpc) is 2.42. The topological polar surface area (TPSA) is 46.3 Å². The highest BCUT2D eigenvalue weighted by atomic mass is 19.2. The van der Waals surface area contributed by atoms with Gasteiger partial charge in [-0.15, -0.1) is 0 Å². The summed E-state index contributed by atoms with van der Waals surface area (Å²) < 4.78 is 26.0. The third kappa shape index (κ3) is 3.15. The minimum Gasteiger partial charge on any atom is -0.338 e. The van der Waals surface area contributed by atoms with Crippen LogP contribution in [-0.4, -0.2) is 29.9 Å². The molecule has 1 fully saturated rings. The number of carbonyl (C=O) groups excluding carboxylic acids is 1. The van der Waals surface area contributed by atoms with Crippen LogP contribution in [0.25, 0.3) is 0 Å². The van der Waals surface area contributed by atoms with Crippen LogP contribution in [0.5, 0.6) is 0 Å². The summed E-state index contributed by atoms with van der Waals surface area (Å²) in [5.41, 5.74) is 6.24. The first-order valence-electron chi connectivity index (χ1n) is 6.96. The summed E-state index contributed by atoms with van der Waals surface area (Å²) in [6, 6.07) is 3.62. The summed E-state index contributed by atoms with van der Waals surface area (Å²) in [5.74, 6) is -1.51. The van der Waals surface area contributed by atoms with Gasteiger partial charge in [0, 0.05) is 19.1 Å². The lowest BCUT2D eigenvalue weighted by atomic mass is 9.90. The number of piperidine rings is 1. The molecule has 0 spiro atoms. The number of hydrogen-bond donors (Lipinski definition) is 1. The number of benzene rings is 1. The summed E-state index contributed by atoms with van der Waals surface area (Å²) in [6.07, 6.45) is 2.11. The Morgan fingerprint density at radius 1 is 1.40 bits per heavy atom. The standard InChI is InChI=1S/C15H20F2N2O/c1-10-3-2-6-19(14(10)9-18)15(20)8-11-4-5-12(16)13(17)7-11/h4-5,7,10,14H,2-3,6,8-9,18H2,1H3/t10-,14-/m0/s1. The highest BCUT2D eigenvalue weighted by Gasteiger charge is 2.30. The normalized spacial score (nSPS) is 22.9. The van der Waals surface area contributed by atoms with Crippen molar-refractivity contribution in [1.29, 1.82) is 0 Å². The van der Waals surface area contributed by atoms with Crippen LogP contribution in [-0.2, 0) is 11.2 Å². The maximum Gasteiger partial charge on any atom is 0.227 e. The van der Waals surface area contributed by atoms with E-state index in [0.717, 1.165) is 25.0 Å². The van der Waals surface area contributed by atoms with E-state index >= 15 is 0 Å². The summed E-state index contributed by atoms with van der Waals surface area (Å²) in [4.78, 5) is 14.1. The predicted octanol–water partition coefficient (Wildman–Crippen LogP) is 2.09. The van der Waals surface area contributed by atoms with Gasteiger partial charge in [-0.3, -0.25) is 4.79 Å². The van der Waals surface area contributed by atoms with Crippen LogP contribution in [0.15, 0.2) is 18.2 Å². The molecule has 5 heteroatoms. The quantitative estimate of drug-likeness (QED) is 0.922. The Morgan fingerprint density at radius 2 is 2.15 bits per heavy atom. The van der Waals surface area contributed by atoms with Crippen molar-refractivity contribution >= 4 is 5.91 Å². The smallest absolute Gasteiger partial charge is 0.227 e. The number of nitrogens with zero attached hydrogens (tertiary/aromatic N) is 1. The Labute approximate surface area is 117 Å². The van der Waals surface area contributed by atoms with Gasteiger partial charge in [-0.1, -0.05) is 13.0 Å². The molecule has 0 aromatic heterocycles. The first-order chi connectivity index (χ1) is 9.52. The molecule has 110 valence electrons. The van der Waals surface area contributed by atoms with Gasteiger partial charge in [0.1, 0.15) is 0 Å². The predicted molar refractivity (Wildman–Crippen MR) is 73.0 cm³/mol. The molecule has 0 saturated carbocycles. The molecule has 1 aliphatic heterocycles. The molecule has 1 amide bonds. The minimum atomic E-state index is -0.919. The molecular formula is C15H20F2N2O. The molecule has 0 bridgehead atoms. The molecule has 1 aromatic rings. The van der Waals surface area contributed by atoms with E-state index in [0.29, 0.717) is 24.6 Å². The van der Waals surface area contributed by atoms with Crippen molar-refractivity contribution in [3.05, 3.63) is 35.4 Å². The molecule has 2 atom stereocenters. The molecule has 2 rings (SSSR count). The van der Waals surface area contributed by atoms with E-state index < -0.39 is 11.6 Å². The van der Waals surface area contributed by atoms with Gasteiger partial charge in [-0.2, -0.15) is 0 Å². The highest BCUT2D eigenvalue weighted by molar-refractivity contribution is 5.79. The largest absolute Gasteiger partial charge is 0.338 e. The lowest BCUT2D eigenvalue weighted by Gasteiger charge is -2.39. The lowest BCUT2D eigenvalue weighted by molar-refractivity contribution is -0.135. The summed E-state index contributed by atoms with van der Waals surface area (Å²) in [5, 5.41) is 0. The van der Waals surface area contributed by atoms with E-state index in [1.165, 1.54) is 6.07 Å². The SMILES string of the molecule is C[C@H]1CCCN(C(=O)Cc2ccc(F)c(F)c2)[C@H]1CN. The van der Waals surface area contributed by atoms with Gasteiger partial charge in [0.25, 0.3) is 0 Å². The van der Waals surface area contributed by atoms with Gasteiger partial charge in [0.2, 0.25) is 5.91 Å². The molecule has 1 saturated heterocycles. The van der Waals surface area contributed by atoms with Crippen molar-refractivity contribution in [3.63, 3.8) is 0 Å². The van der Waals surface area contributed by atoms with Crippen molar-refractivity contribution in [2.24, 2.45) is 11.7 Å². The average molecular weight is 282 g/mol. The van der Waals surface area contributed by atoms with Crippen molar-refractivity contribution in [2.45, 2.75) is 32.2 Å². The van der Waals surface area contributed by atoms with Crippen LogP contribution < -0.4 is 5.73 Å². The molecule has 20 heavy (non-hydrogen) atoms. The number of nitrogens with two attached hydrogens (primary N) is 1. The second-order valence-corrected chi connectivity index (χ2v) is 5.43. The van der Waals surface area contributed by atoms with E-state index in [2.05, 4.69) is 6.92 Å². The van der Waals surface area contributed by atoms with Crippen LogP contribution in [0, 0.1) is 17.6 Å². The van der Waals surface area contributed by atoms with Crippen molar-refractivity contribution < 1.29 is 13.6 Å². The molecule has 0 aliphatic carbocycles.